The lowest BCUT2D eigenvalue weighted by Gasteiger charge is -2.47. The van der Waals surface area contributed by atoms with Crippen LogP contribution >= 0.6 is 0 Å². The van der Waals surface area contributed by atoms with Gasteiger partial charge in [0, 0.05) is 35.3 Å². The number of rotatable bonds is 5. The number of hydrogen-bond donors (Lipinski definition) is 3. The predicted molar refractivity (Wildman–Crippen MR) is 140 cm³/mol. The number of aromatic nitrogens is 4. The molecular weight excluding hydrogens is 474 g/mol. The van der Waals surface area contributed by atoms with Crippen LogP contribution in [0.15, 0.2) is 59.5 Å². The zero-order valence-corrected chi connectivity index (χ0v) is 20.9. The molecule has 36 heavy (non-hydrogen) atoms. The van der Waals surface area contributed by atoms with Gasteiger partial charge >= 0.3 is 0 Å². The Morgan fingerprint density at radius 3 is 2.44 bits per heavy atom. The van der Waals surface area contributed by atoms with Gasteiger partial charge in [-0.1, -0.05) is 24.6 Å². The van der Waals surface area contributed by atoms with Crippen molar-refractivity contribution in [3.63, 3.8) is 0 Å². The van der Waals surface area contributed by atoms with Crippen molar-refractivity contribution in [3.05, 3.63) is 60.3 Å². The van der Waals surface area contributed by atoms with E-state index in [2.05, 4.69) is 20.5 Å². The lowest BCUT2D eigenvalue weighted by Crippen LogP contribution is -2.56. The van der Waals surface area contributed by atoms with Gasteiger partial charge in [0.05, 0.1) is 16.1 Å². The molecular formula is C26H29N7O2S. The molecule has 2 fully saturated rings. The fourth-order valence-electron chi connectivity index (χ4n) is 5.70. The minimum absolute atomic E-state index is 0.0415. The molecule has 6 rings (SSSR count). The van der Waals surface area contributed by atoms with Crippen LogP contribution in [-0.4, -0.2) is 51.0 Å². The number of pyridine rings is 2. The highest BCUT2D eigenvalue weighted by atomic mass is 32.2. The highest BCUT2D eigenvalue weighted by molar-refractivity contribution is 7.89. The van der Waals surface area contributed by atoms with E-state index in [4.69, 9.17) is 10.7 Å². The Morgan fingerprint density at radius 1 is 1.00 bits per heavy atom. The van der Waals surface area contributed by atoms with Gasteiger partial charge in [-0.25, -0.2) is 18.4 Å². The number of sulfonamides is 1. The van der Waals surface area contributed by atoms with E-state index in [1.807, 2.05) is 31.2 Å². The summed E-state index contributed by atoms with van der Waals surface area (Å²) in [5.74, 6) is 1.07. The number of fused-ring (bicyclic) bond motifs is 3. The van der Waals surface area contributed by atoms with Crippen LogP contribution in [0.1, 0.15) is 37.8 Å². The summed E-state index contributed by atoms with van der Waals surface area (Å²) >= 11 is 0. The third-order valence-corrected chi connectivity index (χ3v) is 9.26. The normalized spacial score (nSPS) is 22.5. The van der Waals surface area contributed by atoms with E-state index >= 15 is 0 Å². The van der Waals surface area contributed by atoms with Gasteiger partial charge in [-0.05, 0) is 62.9 Å². The molecule has 2 aliphatic heterocycles. The molecule has 0 aliphatic carbocycles. The predicted octanol–water partition coefficient (Wildman–Crippen LogP) is 4.10. The number of piperidine rings is 2. The molecule has 0 saturated carbocycles. The maximum Gasteiger partial charge on any atom is 0.243 e. The molecule has 0 spiro atoms. The molecule has 9 nitrogen and oxygen atoms in total. The molecule has 0 radical (unpaired) electrons. The molecule has 5 heterocycles. The fraction of sp³-hybridized carbons (Fsp3) is 0.346. The molecule has 4 aromatic rings. The summed E-state index contributed by atoms with van der Waals surface area (Å²) in [6.07, 6.45) is 4.21. The molecule has 2 bridgehead atoms. The number of nitrogens with zero attached hydrogens (tertiary/aromatic N) is 4. The molecule has 2 saturated heterocycles. The average Bonchev–Trinajstić information content (AvgIpc) is 3.30. The molecule has 0 amide bonds. The van der Waals surface area contributed by atoms with Crippen molar-refractivity contribution < 1.29 is 8.42 Å². The Morgan fingerprint density at radius 2 is 1.75 bits per heavy atom. The Hall–Kier alpha value is -3.50. The molecule has 10 heteroatoms. The third-order valence-electron chi connectivity index (χ3n) is 7.24. The molecule has 3 aromatic heterocycles. The van der Waals surface area contributed by atoms with E-state index in [9.17, 15) is 8.42 Å². The number of nitrogens with two attached hydrogens (primary N) is 1. The second-order valence-corrected chi connectivity index (χ2v) is 11.6. The first-order valence-electron chi connectivity index (χ1n) is 12.3. The summed E-state index contributed by atoms with van der Waals surface area (Å²) < 4.78 is 28.8. The van der Waals surface area contributed by atoms with Crippen LogP contribution in [0.5, 0.6) is 0 Å². The summed E-state index contributed by atoms with van der Waals surface area (Å²) in [5, 5.41) is 11.7. The van der Waals surface area contributed by atoms with Crippen molar-refractivity contribution in [2.24, 2.45) is 0 Å². The maximum absolute atomic E-state index is 13.5. The summed E-state index contributed by atoms with van der Waals surface area (Å²) in [6.45, 7) is 1.95. The lowest BCUT2D eigenvalue weighted by molar-refractivity contribution is 0.116. The van der Waals surface area contributed by atoms with Crippen LogP contribution in [0.4, 0.5) is 11.6 Å². The van der Waals surface area contributed by atoms with Crippen LogP contribution in [-0.2, 0) is 10.0 Å². The van der Waals surface area contributed by atoms with Crippen LogP contribution in [0.2, 0.25) is 0 Å². The van der Waals surface area contributed by atoms with Crippen molar-refractivity contribution in [1.82, 2.24) is 24.5 Å². The highest BCUT2D eigenvalue weighted by Gasteiger charge is 2.45. The topological polar surface area (TPSA) is 130 Å². The number of anilines is 2. The monoisotopic (exact) mass is 503 g/mol. The number of hydrogen-bond acceptors (Lipinski definition) is 7. The number of nitrogens with one attached hydrogen (secondary N) is 2. The molecule has 2 aliphatic rings. The van der Waals surface area contributed by atoms with E-state index in [-0.39, 0.29) is 18.1 Å². The van der Waals surface area contributed by atoms with Gasteiger partial charge < -0.3 is 11.1 Å². The van der Waals surface area contributed by atoms with Crippen molar-refractivity contribution in [3.8, 4) is 11.4 Å². The molecule has 186 valence electrons. The van der Waals surface area contributed by atoms with E-state index in [0.29, 0.717) is 16.5 Å². The van der Waals surface area contributed by atoms with Gasteiger partial charge in [0.2, 0.25) is 10.0 Å². The van der Waals surface area contributed by atoms with Gasteiger partial charge in [0.25, 0.3) is 0 Å². The summed E-state index contributed by atoms with van der Waals surface area (Å²) in [6, 6.07) is 16.4. The Labute approximate surface area is 210 Å². The van der Waals surface area contributed by atoms with Crippen LogP contribution in [0.25, 0.3) is 22.3 Å². The van der Waals surface area contributed by atoms with E-state index in [0.717, 1.165) is 60.1 Å². The number of aryl methyl sites for hydroxylation is 1. The quantitative estimate of drug-likeness (QED) is 0.374. The smallest absolute Gasteiger partial charge is 0.243 e. The van der Waals surface area contributed by atoms with Gasteiger partial charge in [0.15, 0.2) is 0 Å². The first-order valence-corrected chi connectivity index (χ1v) is 13.8. The van der Waals surface area contributed by atoms with Gasteiger partial charge in [-0.3, -0.25) is 5.10 Å². The number of aromatic amines is 1. The van der Waals surface area contributed by atoms with E-state index in [1.165, 1.54) is 0 Å². The maximum atomic E-state index is 13.5. The minimum Gasteiger partial charge on any atom is -0.384 e. The number of benzene rings is 1. The second-order valence-electron chi connectivity index (χ2n) is 9.79. The van der Waals surface area contributed by atoms with Crippen molar-refractivity contribution in [2.75, 3.05) is 11.1 Å². The summed E-state index contributed by atoms with van der Waals surface area (Å²) in [5.41, 5.74) is 9.41. The highest BCUT2D eigenvalue weighted by Crippen LogP contribution is 2.39. The van der Waals surface area contributed by atoms with Crippen LogP contribution < -0.4 is 11.1 Å². The first kappa shape index (κ1) is 22.9. The van der Waals surface area contributed by atoms with Crippen LogP contribution in [0, 0.1) is 6.92 Å². The zero-order chi connectivity index (χ0) is 24.9. The van der Waals surface area contributed by atoms with E-state index < -0.39 is 10.0 Å². The molecule has 1 aromatic carbocycles. The lowest BCUT2D eigenvalue weighted by atomic mass is 9.84. The van der Waals surface area contributed by atoms with Gasteiger partial charge in [0.1, 0.15) is 17.3 Å². The van der Waals surface area contributed by atoms with Crippen LogP contribution in [0.3, 0.4) is 0 Å². The molecule has 0 unspecified atom stereocenters. The average molecular weight is 504 g/mol. The van der Waals surface area contributed by atoms with Crippen molar-refractivity contribution >= 4 is 32.6 Å². The Kier molecular flexibility index (Phi) is 5.65. The minimum atomic E-state index is -3.54. The Bertz CT molecular complexity index is 1510. The zero-order valence-electron chi connectivity index (χ0n) is 20.1. The number of nitrogen functional groups attached to an aromatic ring is 1. The largest absolute Gasteiger partial charge is 0.384 e. The Balaban J connectivity index is 1.28. The van der Waals surface area contributed by atoms with Crippen molar-refractivity contribution in [2.45, 2.75) is 62.0 Å². The third kappa shape index (κ3) is 4.10. The van der Waals surface area contributed by atoms with Gasteiger partial charge in [-0.2, -0.15) is 9.40 Å². The van der Waals surface area contributed by atoms with E-state index in [1.54, 1.807) is 34.6 Å². The van der Waals surface area contributed by atoms with Crippen molar-refractivity contribution in [1.29, 1.82) is 0 Å². The standard InChI is InChI=1S/C26H29N7O2S/c1-16-12-24(32-31-16)22-11-10-21-23(29-22)15-25(27)30-26(21)28-17-13-18-6-5-7-19(14-17)33(18)36(34,35)20-8-3-2-4-9-20/h2-4,8-12,15,17-19H,5-7,13-14H2,1H3,(H,31,32)(H3,27,28,30)/t17-,18+,19-. The fourth-order valence-corrected chi connectivity index (χ4v) is 7.62. The first-order chi connectivity index (χ1) is 17.4. The second kappa shape index (κ2) is 8.86. The summed E-state index contributed by atoms with van der Waals surface area (Å²) in [7, 11) is -3.54. The molecule has 3 atom stereocenters. The number of H-pyrrole nitrogens is 1. The molecule has 4 N–H and O–H groups in total. The van der Waals surface area contributed by atoms with Gasteiger partial charge in [-0.15, -0.1) is 0 Å². The SMILES string of the molecule is Cc1cc(-c2ccc3c(N[C@H]4C[C@H]5CCC[C@@H](C4)N5S(=O)(=O)c4ccccc4)nc(N)cc3n2)n[nH]1. The summed E-state index contributed by atoms with van der Waals surface area (Å²) in [4.78, 5) is 9.73.